The molecule has 0 unspecified atom stereocenters. The molecule has 0 aliphatic rings. The van der Waals surface area contributed by atoms with Crippen molar-refractivity contribution in [2.24, 2.45) is 5.84 Å². The minimum Gasteiger partial charge on any atom is -0.493 e. The Morgan fingerprint density at radius 2 is 2.16 bits per heavy atom. The second-order valence-corrected chi connectivity index (χ2v) is 5.22. The molecular weight excluding hydrogens is 264 g/mol. The fraction of sp³-hybridized carbons (Fsp3) is 0.500. The first-order valence-corrected chi connectivity index (χ1v) is 6.75. The van der Waals surface area contributed by atoms with E-state index in [1.807, 2.05) is 19.1 Å². The van der Waals surface area contributed by atoms with E-state index in [-0.39, 0.29) is 5.91 Å². The van der Waals surface area contributed by atoms with Gasteiger partial charge in [-0.1, -0.05) is 25.4 Å². The Morgan fingerprint density at radius 3 is 2.74 bits per heavy atom. The Bertz CT molecular complexity index is 447. The first-order valence-electron chi connectivity index (χ1n) is 6.38. The summed E-state index contributed by atoms with van der Waals surface area (Å²) in [5.41, 5.74) is 4.17. The molecular formula is C14H21ClN2O2. The third kappa shape index (κ3) is 4.73. The number of amides is 1. The molecule has 0 aliphatic heterocycles. The lowest BCUT2D eigenvalue weighted by Crippen LogP contribution is -2.30. The summed E-state index contributed by atoms with van der Waals surface area (Å²) in [6.45, 7) is 6.61. The summed E-state index contributed by atoms with van der Waals surface area (Å²) < 4.78 is 5.75. The molecule has 0 spiro atoms. The molecule has 4 nitrogen and oxygen atoms in total. The molecule has 3 N–H and O–H groups in total. The second kappa shape index (κ2) is 7.36. The SMILES string of the molecule is Cc1cc(OCCCC(=O)NN)c(C(C)C)cc1Cl. The Kier molecular flexibility index (Phi) is 6.12. The third-order valence-electron chi connectivity index (χ3n) is 2.88. The number of rotatable bonds is 6. The second-order valence-electron chi connectivity index (χ2n) is 4.81. The van der Waals surface area contributed by atoms with E-state index in [0.717, 1.165) is 21.9 Å². The normalized spacial score (nSPS) is 10.6. The van der Waals surface area contributed by atoms with Crippen LogP contribution in [0.3, 0.4) is 0 Å². The van der Waals surface area contributed by atoms with Gasteiger partial charge in [0.15, 0.2) is 0 Å². The van der Waals surface area contributed by atoms with Crippen molar-refractivity contribution >= 4 is 17.5 Å². The summed E-state index contributed by atoms with van der Waals surface area (Å²) in [6, 6.07) is 3.89. The van der Waals surface area contributed by atoms with Gasteiger partial charge >= 0.3 is 0 Å². The maximum absolute atomic E-state index is 11.0. The molecule has 1 rings (SSSR count). The fourth-order valence-electron chi connectivity index (χ4n) is 1.73. The van der Waals surface area contributed by atoms with Gasteiger partial charge in [0.2, 0.25) is 5.91 Å². The van der Waals surface area contributed by atoms with E-state index in [9.17, 15) is 4.79 Å². The van der Waals surface area contributed by atoms with Gasteiger partial charge in [0, 0.05) is 11.4 Å². The number of nitrogens with two attached hydrogens (primary N) is 1. The highest BCUT2D eigenvalue weighted by molar-refractivity contribution is 6.31. The minimum atomic E-state index is -0.181. The van der Waals surface area contributed by atoms with Gasteiger partial charge in [-0.05, 0) is 42.5 Å². The molecule has 1 amide bonds. The Balaban J connectivity index is 2.66. The Labute approximate surface area is 119 Å². The van der Waals surface area contributed by atoms with Gasteiger partial charge in [0.1, 0.15) is 5.75 Å². The summed E-state index contributed by atoms with van der Waals surface area (Å²) in [5.74, 6) is 6.00. The smallest absolute Gasteiger partial charge is 0.234 e. The van der Waals surface area contributed by atoms with Gasteiger partial charge < -0.3 is 4.74 Å². The van der Waals surface area contributed by atoms with E-state index in [1.165, 1.54) is 0 Å². The fourth-order valence-corrected chi connectivity index (χ4v) is 1.91. The average Bonchev–Trinajstić information content (AvgIpc) is 2.37. The van der Waals surface area contributed by atoms with E-state index < -0.39 is 0 Å². The molecule has 5 heteroatoms. The zero-order valence-corrected chi connectivity index (χ0v) is 12.4. The predicted molar refractivity (Wildman–Crippen MR) is 77.3 cm³/mol. The summed E-state index contributed by atoms with van der Waals surface area (Å²) in [5, 5.41) is 0.749. The Morgan fingerprint density at radius 1 is 1.47 bits per heavy atom. The van der Waals surface area contributed by atoms with Crippen molar-refractivity contribution < 1.29 is 9.53 Å². The van der Waals surface area contributed by atoms with Crippen LogP contribution in [0, 0.1) is 6.92 Å². The molecule has 0 bridgehead atoms. The summed E-state index contributed by atoms with van der Waals surface area (Å²) in [4.78, 5) is 11.0. The van der Waals surface area contributed by atoms with Gasteiger partial charge in [-0.2, -0.15) is 0 Å². The number of ether oxygens (including phenoxy) is 1. The molecule has 19 heavy (non-hydrogen) atoms. The highest BCUT2D eigenvalue weighted by Gasteiger charge is 2.11. The number of carbonyl (C=O) groups is 1. The van der Waals surface area contributed by atoms with E-state index in [0.29, 0.717) is 25.4 Å². The standard InChI is InChI=1S/C14H21ClN2O2/c1-9(2)11-8-12(15)10(3)7-13(11)19-6-4-5-14(18)17-16/h7-9H,4-6,16H2,1-3H3,(H,17,18). The van der Waals surface area contributed by atoms with E-state index in [4.69, 9.17) is 22.2 Å². The first kappa shape index (κ1) is 15.8. The van der Waals surface area contributed by atoms with Crippen LogP contribution in [0.1, 0.15) is 43.7 Å². The lowest BCUT2D eigenvalue weighted by molar-refractivity contribution is -0.121. The van der Waals surface area contributed by atoms with E-state index in [1.54, 1.807) is 0 Å². The maximum atomic E-state index is 11.0. The van der Waals surface area contributed by atoms with Gasteiger partial charge in [-0.25, -0.2) is 5.84 Å². The van der Waals surface area contributed by atoms with Crippen LogP contribution in [0.15, 0.2) is 12.1 Å². The van der Waals surface area contributed by atoms with Crippen molar-refractivity contribution in [1.82, 2.24) is 5.43 Å². The minimum absolute atomic E-state index is 0.181. The third-order valence-corrected chi connectivity index (χ3v) is 3.29. The van der Waals surface area contributed by atoms with Crippen LogP contribution in [-0.4, -0.2) is 12.5 Å². The Hall–Kier alpha value is -1.26. The topological polar surface area (TPSA) is 64.3 Å². The number of hydrazine groups is 1. The monoisotopic (exact) mass is 284 g/mol. The molecule has 0 heterocycles. The van der Waals surface area contributed by atoms with Crippen molar-refractivity contribution in [2.45, 2.75) is 39.5 Å². The van der Waals surface area contributed by atoms with Crippen molar-refractivity contribution in [3.63, 3.8) is 0 Å². The quantitative estimate of drug-likeness (QED) is 0.365. The van der Waals surface area contributed by atoms with E-state index in [2.05, 4.69) is 19.3 Å². The van der Waals surface area contributed by atoms with Crippen LogP contribution >= 0.6 is 11.6 Å². The van der Waals surface area contributed by atoms with Crippen LogP contribution in [0.4, 0.5) is 0 Å². The molecule has 0 fully saturated rings. The van der Waals surface area contributed by atoms with Crippen molar-refractivity contribution in [2.75, 3.05) is 6.61 Å². The summed E-state index contributed by atoms with van der Waals surface area (Å²) in [7, 11) is 0. The first-order chi connectivity index (χ1) is 8.95. The number of nitrogens with one attached hydrogen (secondary N) is 1. The maximum Gasteiger partial charge on any atom is 0.234 e. The molecule has 0 aliphatic carbocycles. The van der Waals surface area contributed by atoms with Gasteiger partial charge in [0.25, 0.3) is 0 Å². The van der Waals surface area contributed by atoms with Crippen molar-refractivity contribution in [3.8, 4) is 5.75 Å². The number of carbonyl (C=O) groups excluding carboxylic acids is 1. The summed E-state index contributed by atoms with van der Waals surface area (Å²) >= 11 is 6.13. The highest BCUT2D eigenvalue weighted by atomic mass is 35.5. The van der Waals surface area contributed by atoms with E-state index >= 15 is 0 Å². The lowest BCUT2D eigenvalue weighted by Gasteiger charge is -2.15. The van der Waals surface area contributed by atoms with Gasteiger partial charge in [-0.15, -0.1) is 0 Å². The van der Waals surface area contributed by atoms with Crippen molar-refractivity contribution in [3.05, 3.63) is 28.3 Å². The molecule has 1 aromatic rings. The number of halogens is 1. The zero-order chi connectivity index (χ0) is 14.4. The van der Waals surface area contributed by atoms with Crippen molar-refractivity contribution in [1.29, 1.82) is 0 Å². The molecule has 1 aromatic carbocycles. The largest absolute Gasteiger partial charge is 0.493 e. The zero-order valence-electron chi connectivity index (χ0n) is 11.6. The number of benzene rings is 1. The highest BCUT2D eigenvalue weighted by Crippen LogP contribution is 2.32. The summed E-state index contributed by atoms with van der Waals surface area (Å²) in [6.07, 6.45) is 0.988. The van der Waals surface area contributed by atoms with Crippen LogP contribution in [0.2, 0.25) is 5.02 Å². The van der Waals surface area contributed by atoms with Crippen LogP contribution in [-0.2, 0) is 4.79 Å². The number of hydrogen-bond acceptors (Lipinski definition) is 3. The van der Waals surface area contributed by atoms with Gasteiger partial charge in [-0.3, -0.25) is 10.2 Å². The van der Waals surface area contributed by atoms with Crippen LogP contribution < -0.4 is 16.0 Å². The average molecular weight is 285 g/mol. The number of aryl methyl sites for hydroxylation is 1. The molecule has 106 valence electrons. The number of hydrogen-bond donors (Lipinski definition) is 2. The molecule has 0 atom stereocenters. The molecule has 0 aromatic heterocycles. The molecule has 0 saturated heterocycles. The van der Waals surface area contributed by atoms with Crippen LogP contribution in [0.25, 0.3) is 0 Å². The molecule has 0 saturated carbocycles. The predicted octanol–water partition coefficient (Wildman–Crippen LogP) is 2.92. The van der Waals surface area contributed by atoms with Gasteiger partial charge in [0.05, 0.1) is 6.61 Å². The molecule has 0 radical (unpaired) electrons. The lowest BCUT2D eigenvalue weighted by atomic mass is 10.0. The van der Waals surface area contributed by atoms with Crippen LogP contribution in [0.5, 0.6) is 5.75 Å².